The summed E-state index contributed by atoms with van der Waals surface area (Å²) >= 11 is 5.15. The molecule has 0 unspecified atom stereocenters. The van der Waals surface area contributed by atoms with Crippen molar-refractivity contribution in [3.63, 3.8) is 0 Å². The van der Waals surface area contributed by atoms with Crippen LogP contribution in [0, 0.1) is 0 Å². The molecule has 1 heterocycles. The SMILES string of the molecule is CC(C)(C)c1ccc(OCc2cc(Br)cs2)cc1. The first-order valence-corrected chi connectivity index (χ1v) is 7.59. The van der Waals surface area contributed by atoms with Crippen molar-refractivity contribution in [3.8, 4) is 5.75 Å². The van der Waals surface area contributed by atoms with E-state index in [1.54, 1.807) is 11.3 Å². The second-order valence-corrected chi connectivity index (χ2v) is 7.21. The molecule has 2 rings (SSSR count). The summed E-state index contributed by atoms with van der Waals surface area (Å²) in [7, 11) is 0. The van der Waals surface area contributed by atoms with Crippen molar-refractivity contribution in [3.05, 3.63) is 50.6 Å². The third-order valence-corrected chi connectivity index (χ3v) is 4.39. The normalized spacial score (nSPS) is 11.6. The van der Waals surface area contributed by atoms with Gasteiger partial charge in [-0.3, -0.25) is 0 Å². The predicted molar refractivity (Wildman–Crippen MR) is 81.5 cm³/mol. The van der Waals surface area contributed by atoms with Crippen molar-refractivity contribution in [2.75, 3.05) is 0 Å². The fourth-order valence-electron chi connectivity index (χ4n) is 1.64. The Kier molecular flexibility index (Phi) is 4.13. The van der Waals surface area contributed by atoms with E-state index >= 15 is 0 Å². The van der Waals surface area contributed by atoms with Gasteiger partial charge in [-0.15, -0.1) is 11.3 Å². The van der Waals surface area contributed by atoms with Crippen molar-refractivity contribution < 1.29 is 4.74 Å². The predicted octanol–water partition coefficient (Wildman–Crippen LogP) is 5.39. The summed E-state index contributed by atoms with van der Waals surface area (Å²) in [5.41, 5.74) is 1.52. The molecule has 0 atom stereocenters. The minimum absolute atomic E-state index is 0.192. The first-order valence-electron chi connectivity index (χ1n) is 5.91. The lowest BCUT2D eigenvalue weighted by molar-refractivity contribution is 0.309. The van der Waals surface area contributed by atoms with Gasteiger partial charge in [-0.25, -0.2) is 0 Å². The second-order valence-electron chi connectivity index (χ2n) is 5.29. The van der Waals surface area contributed by atoms with Gasteiger partial charge in [0.25, 0.3) is 0 Å². The van der Waals surface area contributed by atoms with E-state index in [9.17, 15) is 0 Å². The molecule has 0 saturated carbocycles. The van der Waals surface area contributed by atoms with Gasteiger partial charge in [0.1, 0.15) is 12.4 Å². The molecule has 0 spiro atoms. The molecule has 0 aliphatic carbocycles. The standard InChI is InChI=1S/C15H17BrOS/c1-15(2,3)11-4-6-13(7-5-11)17-9-14-8-12(16)10-18-14/h4-8,10H,9H2,1-3H3. The van der Waals surface area contributed by atoms with Crippen LogP contribution in [0.5, 0.6) is 5.75 Å². The van der Waals surface area contributed by atoms with Gasteiger partial charge in [0.05, 0.1) is 0 Å². The highest BCUT2D eigenvalue weighted by Gasteiger charge is 2.12. The van der Waals surface area contributed by atoms with Crippen LogP contribution in [-0.2, 0) is 12.0 Å². The van der Waals surface area contributed by atoms with Crippen molar-refractivity contribution in [2.24, 2.45) is 0 Å². The summed E-state index contributed by atoms with van der Waals surface area (Å²) in [6.45, 7) is 7.27. The van der Waals surface area contributed by atoms with Crippen LogP contribution >= 0.6 is 27.3 Å². The zero-order valence-electron chi connectivity index (χ0n) is 10.9. The van der Waals surface area contributed by atoms with E-state index in [4.69, 9.17) is 4.74 Å². The van der Waals surface area contributed by atoms with Crippen molar-refractivity contribution in [1.29, 1.82) is 0 Å². The number of ether oxygens (including phenoxy) is 1. The number of hydrogen-bond donors (Lipinski definition) is 0. The molecular formula is C15H17BrOS. The summed E-state index contributed by atoms with van der Waals surface area (Å²) in [4.78, 5) is 1.22. The topological polar surface area (TPSA) is 9.23 Å². The summed E-state index contributed by atoms with van der Waals surface area (Å²) in [6.07, 6.45) is 0. The summed E-state index contributed by atoms with van der Waals surface area (Å²) in [5, 5.41) is 2.07. The van der Waals surface area contributed by atoms with Gasteiger partial charge in [-0.2, -0.15) is 0 Å². The number of thiophene rings is 1. The van der Waals surface area contributed by atoms with Gasteiger partial charge in [0.2, 0.25) is 0 Å². The van der Waals surface area contributed by atoms with Gasteiger partial charge in [-0.1, -0.05) is 32.9 Å². The van der Waals surface area contributed by atoms with Crippen molar-refractivity contribution in [1.82, 2.24) is 0 Å². The molecule has 1 nitrogen and oxygen atoms in total. The maximum atomic E-state index is 5.76. The Hall–Kier alpha value is -0.800. The highest BCUT2D eigenvalue weighted by atomic mass is 79.9. The maximum absolute atomic E-state index is 5.76. The van der Waals surface area contributed by atoms with E-state index in [0.717, 1.165) is 10.2 Å². The minimum atomic E-state index is 0.192. The summed E-state index contributed by atoms with van der Waals surface area (Å²) < 4.78 is 6.88. The van der Waals surface area contributed by atoms with Crippen LogP contribution in [0.25, 0.3) is 0 Å². The highest BCUT2D eigenvalue weighted by Crippen LogP contribution is 2.25. The highest BCUT2D eigenvalue weighted by molar-refractivity contribution is 9.10. The third kappa shape index (κ3) is 3.59. The van der Waals surface area contributed by atoms with Gasteiger partial charge < -0.3 is 4.74 Å². The van der Waals surface area contributed by atoms with E-state index in [1.807, 2.05) is 12.1 Å². The van der Waals surface area contributed by atoms with Crippen LogP contribution in [0.3, 0.4) is 0 Å². The quantitative estimate of drug-likeness (QED) is 0.735. The minimum Gasteiger partial charge on any atom is -0.488 e. The van der Waals surface area contributed by atoms with E-state index in [0.29, 0.717) is 6.61 Å². The summed E-state index contributed by atoms with van der Waals surface area (Å²) in [5.74, 6) is 0.924. The molecule has 1 aromatic carbocycles. The number of hydrogen-bond acceptors (Lipinski definition) is 2. The fourth-order valence-corrected chi connectivity index (χ4v) is 3.00. The zero-order chi connectivity index (χ0) is 13.2. The molecule has 3 heteroatoms. The molecule has 1 aromatic heterocycles. The summed E-state index contributed by atoms with van der Waals surface area (Å²) in [6, 6.07) is 10.5. The molecule has 0 saturated heterocycles. The fraction of sp³-hybridized carbons (Fsp3) is 0.333. The Morgan fingerprint density at radius 3 is 2.33 bits per heavy atom. The van der Waals surface area contributed by atoms with Crippen molar-refractivity contribution >= 4 is 27.3 Å². The Balaban J connectivity index is 1.98. The first-order chi connectivity index (χ1) is 8.45. The monoisotopic (exact) mass is 324 g/mol. The average molecular weight is 325 g/mol. The van der Waals surface area contributed by atoms with Gasteiger partial charge >= 0.3 is 0 Å². The first kappa shape index (κ1) is 13.6. The maximum Gasteiger partial charge on any atom is 0.122 e. The van der Waals surface area contributed by atoms with Crippen LogP contribution in [0.2, 0.25) is 0 Å². The lowest BCUT2D eigenvalue weighted by Crippen LogP contribution is -2.10. The molecule has 0 fully saturated rings. The van der Waals surface area contributed by atoms with Crippen LogP contribution < -0.4 is 4.74 Å². The molecule has 0 radical (unpaired) electrons. The van der Waals surface area contributed by atoms with Crippen LogP contribution in [-0.4, -0.2) is 0 Å². The smallest absolute Gasteiger partial charge is 0.122 e. The number of benzene rings is 1. The second kappa shape index (κ2) is 5.45. The van der Waals surface area contributed by atoms with E-state index < -0.39 is 0 Å². The Morgan fingerprint density at radius 2 is 1.83 bits per heavy atom. The van der Waals surface area contributed by atoms with Crippen LogP contribution in [0.4, 0.5) is 0 Å². The molecule has 0 bridgehead atoms. The van der Waals surface area contributed by atoms with E-state index in [-0.39, 0.29) is 5.41 Å². The largest absolute Gasteiger partial charge is 0.488 e. The molecule has 0 aliphatic heterocycles. The van der Waals surface area contributed by atoms with Crippen LogP contribution in [0.1, 0.15) is 31.2 Å². The zero-order valence-corrected chi connectivity index (χ0v) is 13.3. The van der Waals surface area contributed by atoms with Gasteiger partial charge in [0, 0.05) is 14.7 Å². The average Bonchev–Trinajstić information content (AvgIpc) is 2.72. The van der Waals surface area contributed by atoms with E-state index in [1.165, 1.54) is 10.4 Å². The Bertz CT molecular complexity index is 508. The molecule has 0 amide bonds. The third-order valence-electron chi connectivity index (χ3n) is 2.72. The molecule has 96 valence electrons. The molecular weight excluding hydrogens is 308 g/mol. The van der Waals surface area contributed by atoms with Gasteiger partial charge in [0.15, 0.2) is 0 Å². The van der Waals surface area contributed by atoms with Crippen molar-refractivity contribution in [2.45, 2.75) is 32.8 Å². The Morgan fingerprint density at radius 1 is 1.17 bits per heavy atom. The molecule has 2 aromatic rings. The van der Waals surface area contributed by atoms with Gasteiger partial charge in [-0.05, 0) is 45.1 Å². The number of rotatable bonds is 3. The lowest BCUT2D eigenvalue weighted by Gasteiger charge is -2.19. The van der Waals surface area contributed by atoms with Crippen LogP contribution in [0.15, 0.2) is 40.2 Å². The van der Waals surface area contributed by atoms with E-state index in [2.05, 4.69) is 60.3 Å². The molecule has 18 heavy (non-hydrogen) atoms. The molecule has 0 N–H and O–H groups in total. The lowest BCUT2D eigenvalue weighted by atomic mass is 9.87. The molecule has 0 aliphatic rings. The number of halogens is 1. The Labute approximate surface area is 121 Å².